The Balaban J connectivity index is 1.28. The Kier molecular flexibility index (Phi) is 6.97. The lowest BCUT2D eigenvalue weighted by molar-refractivity contribution is -0.117. The molecule has 30 heavy (non-hydrogen) atoms. The number of piperazine rings is 1. The van der Waals surface area contributed by atoms with Crippen LogP contribution in [0.4, 0.5) is 5.00 Å². The number of hydrogen-bond donors (Lipinski definition) is 1. The Morgan fingerprint density at radius 3 is 2.57 bits per heavy atom. The summed E-state index contributed by atoms with van der Waals surface area (Å²) in [5.74, 6) is -0.0389. The van der Waals surface area contributed by atoms with Crippen LogP contribution in [0.15, 0.2) is 18.2 Å². The van der Waals surface area contributed by atoms with Crippen LogP contribution in [0.1, 0.15) is 34.4 Å². The van der Waals surface area contributed by atoms with Crippen LogP contribution < -0.4 is 5.32 Å². The monoisotopic (exact) mass is 462 g/mol. The molecule has 1 N–H and O–H groups in total. The molecule has 4 rings (SSSR count). The predicted molar refractivity (Wildman–Crippen MR) is 122 cm³/mol. The maximum absolute atomic E-state index is 12.6. The summed E-state index contributed by atoms with van der Waals surface area (Å²) in [6.07, 6.45) is 4.26. The van der Waals surface area contributed by atoms with Crippen LogP contribution in [-0.4, -0.2) is 48.4 Å². The summed E-state index contributed by atoms with van der Waals surface area (Å²) in [6, 6.07) is 8.05. The van der Waals surface area contributed by atoms with Gasteiger partial charge in [-0.3, -0.25) is 14.6 Å². The maximum Gasteiger partial charge on any atom is 0.239 e. The molecule has 0 bridgehead atoms. The van der Waals surface area contributed by atoms with Crippen molar-refractivity contribution in [3.8, 4) is 6.07 Å². The lowest BCUT2D eigenvalue weighted by atomic mass is 9.96. The fraction of sp³-hybridized carbons (Fsp3) is 0.455. The molecular formula is C22H24Cl2N4OS. The van der Waals surface area contributed by atoms with Gasteiger partial charge in [0.15, 0.2) is 0 Å². The van der Waals surface area contributed by atoms with E-state index in [2.05, 4.69) is 21.2 Å². The second kappa shape index (κ2) is 9.67. The topological polar surface area (TPSA) is 59.4 Å². The van der Waals surface area contributed by atoms with E-state index in [0.717, 1.165) is 74.5 Å². The summed E-state index contributed by atoms with van der Waals surface area (Å²) < 4.78 is 0. The highest BCUT2D eigenvalue weighted by Gasteiger charge is 2.23. The Hall–Kier alpha value is -1.62. The molecule has 0 saturated carbocycles. The van der Waals surface area contributed by atoms with Gasteiger partial charge in [-0.1, -0.05) is 29.3 Å². The van der Waals surface area contributed by atoms with Crippen molar-refractivity contribution in [3.05, 3.63) is 49.8 Å². The summed E-state index contributed by atoms with van der Waals surface area (Å²) >= 11 is 13.7. The summed E-state index contributed by atoms with van der Waals surface area (Å²) in [7, 11) is 0. The van der Waals surface area contributed by atoms with Crippen LogP contribution in [0, 0.1) is 11.3 Å². The van der Waals surface area contributed by atoms with Gasteiger partial charge in [0, 0.05) is 37.6 Å². The van der Waals surface area contributed by atoms with Crippen molar-refractivity contribution in [1.82, 2.24) is 9.80 Å². The lowest BCUT2D eigenvalue weighted by Gasteiger charge is -2.34. The van der Waals surface area contributed by atoms with Crippen molar-refractivity contribution < 1.29 is 4.79 Å². The standard InChI is InChI=1S/C22H24Cl2N4OS/c23-18-6-5-15(11-19(18)24)13-27-7-9-28(10-8-27)14-21(29)26-22-17(12-25)16-3-1-2-4-20(16)30-22/h5-6,11H,1-4,7-10,13-14H2,(H,26,29). The van der Waals surface area contributed by atoms with Crippen molar-refractivity contribution in [2.45, 2.75) is 32.2 Å². The molecule has 0 unspecified atom stereocenters. The van der Waals surface area contributed by atoms with Crippen LogP contribution in [0.5, 0.6) is 0 Å². The minimum atomic E-state index is -0.0389. The normalized spacial score (nSPS) is 17.4. The highest BCUT2D eigenvalue weighted by molar-refractivity contribution is 7.16. The molecule has 1 saturated heterocycles. The van der Waals surface area contributed by atoms with E-state index in [0.29, 0.717) is 22.2 Å². The number of benzene rings is 1. The molecule has 2 heterocycles. The Morgan fingerprint density at radius 1 is 1.10 bits per heavy atom. The molecule has 8 heteroatoms. The quantitative estimate of drug-likeness (QED) is 0.706. The fourth-order valence-electron chi connectivity index (χ4n) is 4.14. The molecule has 0 atom stereocenters. The van der Waals surface area contributed by atoms with Crippen molar-refractivity contribution in [1.29, 1.82) is 5.26 Å². The summed E-state index contributed by atoms with van der Waals surface area (Å²) in [5.41, 5.74) is 2.97. The maximum atomic E-state index is 12.6. The summed E-state index contributed by atoms with van der Waals surface area (Å²) in [5, 5.41) is 14.4. The number of halogens is 2. The van der Waals surface area contributed by atoms with E-state index in [1.807, 2.05) is 18.2 Å². The first kappa shape index (κ1) is 21.6. The first-order chi connectivity index (χ1) is 14.5. The third kappa shape index (κ3) is 4.99. The minimum Gasteiger partial charge on any atom is -0.315 e. The van der Waals surface area contributed by atoms with Crippen molar-refractivity contribution in [2.24, 2.45) is 0 Å². The lowest BCUT2D eigenvalue weighted by Crippen LogP contribution is -2.48. The van der Waals surface area contributed by atoms with Gasteiger partial charge in [-0.2, -0.15) is 5.26 Å². The highest BCUT2D eigenvalue weighted by Crippen LogP contribution is 2.37. The summed E-state index contributed by atoms with van der Waals surface area (Å²) in [4.78, 5) is 18.4. The average molecular weight is 463 g/mol. The van der Waals surface area contributed by atoms with Crippen molar-refractivity contribution in [3.63, 3.8) is 0 Å². The number of amides is 1. The molecule has 1 aliphatic carbocycles. The molecule has 1 aliphatic heterocycles. The van der Waals surface area contributed by atoms with Crippen LogP contribution in [0.25, 0.3) is 0 Å². The van der Waals surface area contributed by atoms with Crippen molar-refractivity contribution >= 4 is 45.4 Å². The largest absolute Gasteiger partial charge is 0.315 e. The number of nitrogens with one attached hydrogen (secondary N) is 1. The summed E-state index contributed by atoms with van der Waals surface area (Å²) in [6.45, 7) is 4.63. The van der Waals surface area contributed by atoms with Gasteiger partial charge in [0.05, 0.1) is 22.2 Å². The van der Waals surface area contributed by atoms with E-state index in [-0.39, 0.29) is 5.91 Å². The smallest absolute Gasteiger partial charge is 0.239 e. The zero-order chi connectivity index (χ0) is 21.1. The zero-order valence-electron chi connectivity index (χ0n) is 16.7. The first-order valence-corrected chi connectivity index (χ1v) is 11.8. The molecule has 158 valence electrons. The molecule has 1 fully saturated rings. The Labute approximate surface area is 191 Å². The van der Waals surface area contributed by atoms with Gasteiger partial charge in [0.25, 0.3) is 0 Å². The van der Waals surface area contributed by atoms with Gasteiger partial charge >= 0.3 is 0 Å². The molecular weight excluding hydrogens is 439 g/mol. The molecule has 0 radical (unpaired) electrons. The van der Waals surface area contributed by atoms with E-state index in [1.165, 1.54) is 4.88 Å². The third-order valence-electron chi connectivity index (χ3n) is 5.76. The van der Waals surface area contributed by atoms with Crippen LogP contribution >= 0.6 is 34.5 Å². The number of anilines is 1. The van der Waals surface area contributed by atoms with E-state index >= 15 is 0 Å². The van der Waals surface area contributed by atoms with Crippen LogP contribution in [0.2, 0.25) is 10.0 Å². The first-order valence-electron chi connectivity index (χ1n) is 10.3. The van der Waals surface area contributed by atoms with Gasteiger partial charge in [-0.25, -0.2) is 0 Å². The number of carbonyl (C=O) groups is 1. The van der Waals surface area contributed by atoms with E-state index in [1.54, 1.807) is 11.3 Å². The van der Waals surface area contributed by atoms with E-state index in [9.17, 15) is 10.1 Å². The second-order valence-corrected chi connectivity index (χ2v) is 9.80. The third-order valence-corrected chi connectivity index (χ3v) is 7.70. The number of nitrogens with zero attached hydrogens (tertiary/aromatic N) is 3. The van der Waals surface area contributed by atoms with E-state index < -0.39 is 0 Å². The van der Waals surface area contributed by atoms with Gasteiger partial charge < -0.3 is 5.32 Å². The predicted octanol–water partition coefficient (Wildman–Crippen LogP) is 4.56. The number of aryl methyl sites for hydroxylation is 1. The second-order valence-electron chi connectivity index (χ2n) is 7.88. The van der Waals surface area contributed by atoms with Gasteiger partial charge in [0.2, 0.25) is 5.91 Å². The Bertz CT molecular complexity index is 976. The van der Waals surface area contributed by atoms with Gasteiger partial charge in [-0.15, -0.1) is 11.3 Å². The molecule has 0 spiro atoms. The number of fused-ring (bicyclic) bond motifs is 1. The number of carbonyl (C=O) groups excluding carboxylic acids is 1. The molecule has 5 nitrogen and oxygen atoms in total. The fourth-order valence-corrected chi connectivity index (χ4v) is 5.72. The Morgan fingerprint density at radius 2 is 1.83 bits per heavy atom. The minimum absolute atomic E-state index is 0.0389. The zero-order valence-corrected chi connectivity index (χ0v) is 19.0. The number of rotatable bonds is 5. The van der Waals surface area contributed by atoms with Gasteiger partial charge in [-0.05, 0) is 48.9 Å². The number of hydrogen-bond acceptors (Lipinski definition) is 5. The van der Waals surface area contributed by atoms with Crippen LogP contribution in [-0.2, 0) is 24.2 Å². The molecule has 1 aromatic heterocycles. The van der Waals surface area contributed by atoms with Crippen LogP contribution in [0.3, 0.4) is 0 Å². The number of thiophene rings is 1. The molecule has 1 aromatic carbocycles. The molecule has 1 amide bonds. The SMILES string of the molecule is N#Cc1c(NC(=O)CN2CCN(Cc3ccc(Cl)c(Cl)c3)CC2)sc2c1CCCC2. The molecule has 2 aromatic rings. The number of nitriles is 1. The van der Waals surface area contributed by atoms with Gasteiger partial charge in [0.1, 0.15) is 11.1 Å². The van der Waals surface area contributed by atoms with Crippen molar-refractivity contribution in [2.75, 3.05) is 38.0 Å². The average Bonchev–Trinajstić information content (AvgIpc) is 3.09. The van der Waals surface area contributed by atoms with E-state index in [4.69, 9.17) is 23.2 Å². The highest BCUT2D eigenvalue weighted by atomic mass is 35.5. The molecule has 2 aliphatic rings.